The second-order valence-electron chi connectivity index (χ2n) is 6.79. The molecule has 0 atom stereocenters. The third kappa shape index (κ3) is 4.88. The van der Waals surface area contributed by atoms with E-state index in [4.69, 9.17) is 9.47 Å². The van der Waals surface area contributed by atoms with Crippen LogP contribution in [0.5, 0.6) is 11.5 Å². The van der Waals surface area contributed by atoms with Crippen LogP contribution in [0.3, 0.4) is 0 Å². The highest BCUT2D eigenvalue weighted by Gasteiger charge is 2.24. The van der Waals surface area contributed by atoms with Crippen molar-refractivity contribution in [3.05, 3.63) is 23.3 Å². The molecule has 0 spiro atoms. The Bertz CT molecular complexity index is 660. The average molecular weight is 363 g/mol. The van der Waals surface area contributed by atoms with Gasteiger partial charge < -0.3 is 24.2 Å². The van der Waals surface area contributed by atoms with Crippen LogP contribution >= 0.6 is 0 Å². The lowest BCUT2D eigenvalue weighted by atomic mass is 9.98. The van der Waals surface area contributed by atoms with Gasteiger partial charge in [-0.25, -0.2) is 0 Å². The highest BCUT2D eigenvalue weighted by atomic mass is 16.5. The van der Waals surface area contributed by atoms with Crippen molar-refractivity contribution in [3.8, 4) is 11.5 Å². The van der Waals surface area contributed by atoms with Gasteiger partial charge >= 0.3 is 0 Å². The van der Waals surface area contributed by atoms with E-state index in [1.54, 1.807) is 24.0 Å². The van der Waals surface area contributed by atoms with Crippen molar-refractivity contribution >= 4 is 11.8 Å². The second-order valence-corrected chi connectivity index (χ2v) is 6.79. The summed E-state index contributed by atoms with van der Waals surface area (Å²) < 4.78 is 10.7. The van der Waals surface area contributed by atoms with Gasteiger partial charge in [0.15, 0.2) is 11.5 Å². The number of carbonyl (C=O) groups is 2. The van der Waals surface area contributed by atoms with Crippen LogP contribution in [0.25, 0.3) is 0 Å². The maximum absolute atomic E-state index is 12.7. The molecule has 2 rings (SSSR count). The Hall–Kier alpha value is -2.28. The molecule has 1 heterocycles. The Morgan fingerprint density at radius 1 is 1.08 bits per heavy atom. The van der Waals surface area contributed by atoms with Crippen LogP contribution < -0.4 is 9.47 Å². The molecule has 0 N–H and O–H groups in total. The molecule has 0 bridgehead atoms. The molecule has 0 saturated heterocycles. The summed E-state index contributed by atoms with van der Waals surface area (Å²) in [5, 5.41) is 0. The smallest absolute Gasteiger partial charge is 0.242 e. The minimum Gasteiger partial charge on any atom is -0.493 e. The fraction of sp³-hybridized carbons (Fsp3) is 0.579. The van der Waals surface area contributed by atoms with E-state index in [1.807, 2.05) is 31.1 Å². The van der Waals surface area contributed by atoms with Crippen LogP contribution in [0.15, 0.2) is 12.1 Å². The molecule has 1 aliphatic heterocycles. The predicted molar refractivity (Wildman–Crippen MR) is 99.5 cm³/mol. The first-order valence-corrected chi connectivity index (χ1v) is 8.77. The van der Waals surface area contributed by atoms with Gasteiger partial charge in [-0.15, -0.1) is 0 Å². The van der Waals surface area contributed by atoms with Crippen molar-refractivity contribution in [3.63, 3.8) is 0 Å². The third-order valence-electron chi connectivity index (χ3n) is 4.66. The first-order chi connectivity index (χ1) is 12.3. The average Bonchev–Trinajstić information content (AvgIpc) is 2.62. The lowest BCUT2D eigenvalue weighted by Crippen LogP contribution is -2.45. The van der Waals surface area contributed by atoms with E-state index in [0.29, 0.717) is 31.1 Å². The first kappa shape index (κ1) is 20.0. The topological polar surface area (TPSA) is 62.3 Å². The van der Waals surface area contributed by atoms with Gasteiger partial charge in [0.1, 0.15) is 0 Å². The molecular weight excluding hydrogens is 334 g/mol. The summed E-state index contributed by atoms with van der Waals surface area (Å²) in [4.78, 5) is 29.9. The Morgan fingerprint density at radius 2 is 1.69 bits per heavy atom. The summed E-state index contributed by atoms with van der Waals surface area (Å²) in [6.45, 7) is 4.06. The maximum atomic E-state index is 12.7. The number of benzene rings is 1. The van der Waals surface area contributed by atoms with Crippen LogP contribution in [-0.2, 0) is 22.6 Å². The lowest BCUT2D eigenvalue weighted by molar-refractivity contribution is -0.140. The molecule has 0 aromatic heterocycles. The maximum Gasteiger partial charge on any atom is 0.242 e. The number of amides is 2. The van der Waals surface area contributed by atoms with Gasteiger partial charge in [-0.3, -0.25) is 9.59 Å². The van der Waals surface area contributed by atoms with Crippen molar-refractivity contribution < 1.29 is 19.1 Å². The Labute approximate surface area is 155 Å². The van der Waals surface area contributed by atoms with Gasteiger partial charge in [-0.1, -0.05) is 0 Å². The van der Waals surface area contributed by atoms with Gasteiger partial charge in [0.05, 0.1) is 20.8 Å². The number of rotatable bonds is 7. The zero-order chi connectivity index (χ0) is 19.3. The number of nitrogens with zero attached hydrogens (tertiary/aromatic N) is 3. The summed E-state index contributed by atoms with van der Waals surface area (Å²) in [6.07, 6.45) is 0.763. The highest BCUT2D eigenvalue weighted by Crippen LogP contribution is 2.33. The van der Waals surface area contributed by atoms with Crippen molar-refractivity contribution in [1.82, 2.24) is 14.7 Å². The molecule has 0 aliphatic carbocycles. The van der Waals surface area contributed by atoms with E-state index in [9.17, 15) is 9.59 Å². The molecule has 7 nitrogen and oxygen atoms in total. The van der Waals surface area contributed by atoms with Crippen LogP contribution in [0.4, 0.5) is 0 Å². The number of hydrogen-bond acceptors (Lipinski definition) is 5. The fourth-order valence-corrected chi connectivity index (χ4v) is 3.03. The fourth-order valence-electron chi connectivity index (χ4n) is 3.03. The van der Waals surface area contributed by atoms with Gasteiger partial charge in [0.2, 0.25) is 11.8 Å². The molecule has 1 aromatic carbocycles. The molecule has 1 aliphatic rings. The van der Waals surface area contributed by atoms with Crippen molar-refractivity contribution in [2.75, 3.05) is 54.5 Å². The Kier molecular flexibility index (Phi) is 6.85. The molecule has 26 heavy (non-hydrogen) atoms. The molecular formula is C19H29N3O4. The van der Waals surface area contributed by atoms with Crippen LogP contribution in [0.2, 0.25) is 0 Å². The summed E-state index contributed by atoms with van der Waals surface area (Å²) in [6, 6.07) is 3.91. The van der Waals surface area contributed by atoms with E-state index < -0.39 is 0 Å². The number of ether oxygens (including phenoxy) is 2. The van der Waals surface area contributed by atoms with Gasteiger partial charge in [-0.2, -0.15) is 0 Å². The largest absolute Gasteiger partial charge is 0.493 e. The van der Waals surface area contributed by atoms with E-state index >= 15 is 0 Å². The summed E-state index contributed by atoms with van der Waals surface area (Å²) in [5.74, 6) is 1.26. The molecule has 0 fully saturated rings. The standard InChI is InChI=1S/C19H29N3O4/c1-14(23)21(9-8-20(2)3)13-19(24)22-7-6-15-10-17(25-4)18(26-5)11-16(15)12-22/h10-11H,6-9,12-13H2,1-5H3. The highest BCUT2D eigenvalue weighted by molar-refractivity contribution is 5.84. The summed E-state index contributed by atoms with van der Waals surface area (Å²) >= 11 is 0. The quantitative estimate of drug-likeness (QED) is 0.723. The Morgan fingerprint density at radius 3 is 2.23 bits per heavy atom. The third-order valence-corrected chi connectivity index (χ3v) is 4.66. The monoisotopic (exact) mass is 363 g/mol. The van der Waals surface area contributed by atoms with E-state index in [2.05, 4.69) is 0 Å². The van der Waals surface area contributed by atoms with Gasteiger partial charge in [0, 0.05) is 33.1 Å². The summed E-state index contributed by atoms with van der Waals surface area (Å²) in [5.41, 5.74) is 2.23. The zero-order valence-electron chi connectivity index (χ0n) is 16.4. The second kappa shape index (κ2) is 8.89. The minimum atomic E-state index is -0.0796. The van der Waals surface area contributed by atoms with Crippen LogP contribution in [-0.4, -0.2) is 81.0 Å². The number of hydrogen-bond donors (Lipinski definition) is 0. The van der Waals surface area contributed by atoms with Crippen molar-refractivity contribution in [2.24, 2.45) is 0 Å². The van der Waals surface area contributed by atoms with Crippen LogP contribution in [0.1, 0.15) is 18.1 Å². The van der Waals surface area contributed by atoms with Gasteiger partial charge in [0.25, 0.3) is 0 Å². The van der Waals surface area contributed by atoms with E-state index in [0.717, 1.165) is 18.5 Å². The van der Waals surface area contributed by atoms with Gasteiger partial charge in [-0.05, 0) is 43.8 Å². The number of methoxy groups -OCH3 is 2. The Balaban J connectivity index is 2.06. The normalized spacial score (nSPS) is 13.4. The number of carbonyl (C=O) groups excluding carboxylic acids is 2. The first-order valence-electron chi connectivity index (χ1n) is 8.77. The molecule has 0 saturated carbocycles. The van der Waals surface area contributed by atoms with Crippen molar-refractivity contribution in [1.29, 1.82) is 0 Å². The molecule has 144 valence electrons. The molecule has 7 heteroatoms. The summed E-state index contributed by atoms with van der Waals surface area (Å²) in [7, 11) is 7.12. The molecule has 1 aromatic rings. The van der Waals surface area contributed by atoms with Crippen LogP contribution in [0, 0.1) is 0 Å². The molecule has 0 radical (unpaired) electrons. The van der Waals surface area contributed by atoms with Crippen molar-refractivity contribution in [2.45, 2.75) is 19.9 Å². The lowest BCUT2D eigenvalue weighted by Gasteiger charge is -2.32. The molecule has 2 amide bonds. The van der Waals surface area contributed by atoms with E-state index in [-0.39, 0.29) is 18.4 Å². The number of likely N-dealkylation sites (N-methyl/N-ethyl adjacent to an activating group) is 1. The molecule has 0 unspecified atom stereocenters. The SMILES string of the molecule is COc1cc2c(cc1OC)CN(C(=O)CN(CCN(C)C)C(C)=O)CC2. The predicted octanol–water partition coefficient (Wildman–Crippen LogP) is 0.999. The number of fused-ring (bicyclic) bond motifs is 1. The minimum absolute atomic E-state index is 0.0283. The zero-order valence-corrected chi connectivity index (χ0v) is 16.4. The van der Waals surface area contributed by atoms with E-state index in [1.165, 1.54) is 12.5 Å².